The van der Waals surface area contributed by atoms with Gasteiger partial charge in [-0.25, -0.2) is 0 Å². The van der Waals surface area contributed by atoms with Gasteiger partial charge in [0.05, 0.1) is 19.8 Å². The van der Waals surface area contributed by atoms with Crippen molar-refractivity contribution < 1.29 is 73.8 Å². The lowest BCUT2D eigenvalue weighted by Gasteiger charge is -2.42. The van der Waals surface area contributed by atoms with Crippen LogP contribution >= 0.6 is 0 Å². The van der Waals surface area contributed by atoms with Crippen molar-refractivity contribution in [2.24, 2.45) is 0 Å². The quantitative estimate of drug-likeness (QED) is 0.0171. The zero-order valence-corrected chi connectivity index (χ0v) is 44.5. The fourth-order valence-electron chi connectivity index (χ4n) is 9.30. The first-order valence-electron chi connectivity index (χ1n) is 28.8. The third kappa shape index (κ3) is 31.0. The molecule has 0 radical (unpaired) electrons. The van der Waals surface area contributed by atoms with Gasteiger partial charge in [0.2, 0.25) is 0 Å². The Bertz CT molecular complexity index is 1290. The maximum absolute atomic E-state index is 13.1. The molecule has 71 heavy (non-hydrogen) atoms. The molecular weight excluding hydrogens is 913 g/mol. The van der Waals surface area contributed by atoms with E-state index in [0.29, 0.717) is 12.8 Å². The van der Waals surface area contributed by atoms with Gasteiger partial charge >= 0.3 is 11.9 Å². The van der Waals surface area contributed by atoms with Gasteiger partial charge in [-0.05, 0) is 25.7 Å². The molecule has 2 rings (SSSR count). The summed E-state index contributed by atoms with van der Waals surface area (Å²) in [4.78, 5) is 25.8. The second kappa shape index (κ2) is 43.5. The summed E-state index contributed by atoms with van der Waals surface area (Å²) in [5.74, 6) is -0.967. The summed E-state index contributed by atoms with van der Waals surface area (Å²) >= 11 is 0. The van der Waals surface area contributed by atoms with Crippen LogP contribution in [0.5, 0.6) is 0 Å². The summed E-state index contributed by atoms with van der Waals surface area (Å²) in [6, 6.07) is 0. The molecule has 0 spiro atoms. The Kier molecular flexibility index (Phi) is 40.0. The molecular formula is C56H104O15. The van der Waals surface area contributed by atoms with Gasteiger partial charge in [0.15, 0.2) is 18.7 Å². The van der Waals surface area contributed by atoms with E-state index in [1.807, 2.05) is 6.08 Å². The minimum Gasteiger partial charge on any atom is -0.462 e. The van der Waals surface area contributed by atoms with Crippen LogP contribution in [-0.4, -0.2) is 142 Å². The van der Waals surface area contributed by atoms with Gasteiger partial charge in [-0.15, -0.1) is 0 Å². The van der Waals surface area contributed by atoms with Gasteiger partial charge in [-0.1, -0.05) is 212 Å². The van der Waals surface area contributed by atoms with Gasteiger partial charge < -0.3 is 64.2 Å². The summed E-state index contributed by atoms with van der Waals surface area (Å²) in [6.07, 6.45) is 28.2. The largest absolute Gasteiger partial charge is 0.462 e. The number of aliphatic hydroxyl groups excluding tert-OH is 7. The molecule has 0 saturated carbocycles. The van der Waals surface area contributed by atoms with Crippen molar-refractivity contribution in [2.75, 3.05) is 26.4 Å². The van der Waals surface area contributed by atoms with E-state index in [4.69, 9.17) is 28.4 Å². The van der Waals surface area contributed by atoms with Gasteiger partial charge in [-0.2, -0.15) is 0 Å². The van der Waals surface area contributed by atoms with Gasteiger partial charge in [-0.3, -0.25) is 9.59 Å². The zero-order chi connectivity index (χ0) is 51.7. The summed E-state index contributed by atoms with van der Waals surface area (Å²) in [5.41, 5.74) is 0. The molecule has 2 saturated heterocycles. The molecule has 0 aliphatic carbocycles. The first-order valence-corrected chi connectivity index (χ1v) is 28.8. The van der Waals surface area contributed by atoms with Crippen molar-refractivity contribution in [3.63, 3.8) is 0 Å². The highest BCUT2D eigenvalue weighted by Crippen LogP contribution is 2.27. The van der Waals surface area contributed by atoms with Crippen LogP contribution in [0.25, 0.3) is 0 Å². The van der Waals surface area contributed by atoms with Gasteiger partial charge in [0.1, 0.15) is 55.4 Å². The zero-order valence-electron chi connectivity index (χ0n) is 44.5. The molecule has 0 amide bonds. The Balaban J connectivity index is 1.76. The van der Waals surface area contributed by atoms with E-state index >= 15 is 0 Å². The van der Waals surface area contributed by atoms with Crippen molar-refractivity contribution in [2.45, 2.75) is 306 Å². The molecule has 418 valence electrons. The van der Waals surface area contributed by atoms with E-state index in [9.17, 15) is 45.3 Å². The highest BCUT2D eigenvalue weighted by atomic mass is 16.7. The average Bonchev–Trinajstić information content (AvgIpc) is 3.36. The van der Waals surface area contributed by atoms with E-state index in [1.165, 1.54) is 167 Å². The number of ether oxygens (including phenoxy) is 6. The maximum atomic E-state index is 13.1. The fourth-order valence-corrected chi connectivity index (χ4v) is 9.30. The van der Waals surface area contributed by atoms with Crippen molar-refractivity contribution in [3.05, 3.63) is 12.2 Å². The lowest BCUT2D eigenvalue weighted by atomic mass is 9.98. The normalized spacial score (nSPS) is 25.2. The third-order valence-corrected chi connectivity index (χ3v) is 14.0. The van der Waals surface area contributed by atoms with Crippen molar-refractivity contribution >= 4 is 11.9 Å². The first kappa shape index (κ1) is 65.4. The number of allylic oxidation sites excluding steroid dienone is 2. The molecule has 2 heterocycles. The summed E-state index contributed by atoms with van der Waals surface area (Å²) < 4.78 is 33.6. The first-order chi connectivity index (χ1) is 34.5. The highest BCUT2D eigenvalue weighted by molar-refractivity contribution is 5.70. The van der Waals surface area contributed by atoms with E-state index in [0.717, 1.165) is 32.1 Å². The van der Waals surface area contributed by atoms with Crippen molar-refractivity contribution in [3.8, 4) is 0 Å². The number of carbonyl (C=O) groups is 2. The summed E-state index contributed by atoms with van der Waals surface area (Å²) in [7, 11) is 0. The van der Waals surface area contributed by atoms with Crippen LogP contribution in [0.15, 0.2) is 12.2 Å². The number of rotatable bonds is 46. The van der Waals surface area contributed by atoms with E-state index in [2.05, 4.69) is 19.9 Å². The second-order valence-electron chi connectivity index (χ2n) is 20.5. The Labute approximate surface area is 429 Å². The van der Waals surface area contributed by atoms with Crippen LogP contribution in [0, 0.1) is 0 Å². The summed E-state index contributed by atoms with van der Waals surface area (Å²) in [5, 5.41) is 72.2. The summed E-state index contributed by atoms with van der Waals surface area (Å²) in [6.45, 7) is 2.60. The lowest BCUT2D eigenvalue weighted by molar-refractivity contribution is -0.332. The number of unbranched alkanes of at least 4 members (excludes halogenated alkanes) is 30. The van der Waals surface area contributed by atoms with Crippen molar-refractivity contribution in [1.29, 1.82) is 0 Å². The third-order valence-electron chi connectivity index (χ3n) is 14.0. The van der Waals surface area contributed by atoms with Crippen LogP contribution in [0.3, 0.4) is 0 Å². The highest BCUT2D eigenvalue weighted by Gasteiger charge is 2.47. The predicted molar refractivity (Wildman–Crippen MR) is 275 cm³/mol. The molecule has 0 aromatic carbocycles. The smallest absolute Gasteiger partial charge is 0.306 e. The van der Waals surface area contributed by atoms with E-state index in [-0.39, 0.29) is 26.1 Å². The van der Waals surface area contributed by atoms with Crippen LogP contribution < -0.4 is 0 Å². The fraction of sp³-hybridized carbons (Fsp3) is 0.929. The van der Waals surface area contributed by atoms with Gasteiger partial charge in [0, 0.05) is 12.8 Å². The van der Waals surface area contributed by atoms with Crippen LogP contribution in [0.1, 0.15) is 239 Å². The number of aliphatic hydroxyl groups is 7. The molecule has 0 aromatic heterocycles. The predicted octanol–water partition coefficient (Wildman–Crippen LogP) is 9.33. The molecule has 2 aliphatic rings. The standard InChI is InChI=1S/C56H104O15/c1-3-5-7-9-11-13-15-17-19-20-21-22-23-25-27-29-31-33-35-37-39-48(59)69-44(41-66-47(58)38-36-34-32-30-28-26-24-18-16-14-12-10-8-6-4-2)42-67-55-54(65)52(63)50(61)46(71-55)43-68-56-53(64)51(62)49(60)45(40-57)70-56/h32,34,44-46,49-57,60-65H,3-31,33,35-43H2,1-2H3/b34-32+/t44-,45+,46+,49-,50-,51?,52?,53?,54?,55+,56+/m1/s1. The van der Waals surface area contributed by atoms with Crippen LogP contribution in [-0.2, 0) is 38.0 Å². The number of carbonyl (C=O) groups excluding carboxylic acids is 2. The Morgan fingerprint density at radius 1 is 0.437 bits per heavy atom. The maximum Gasteiger partial charge on any atom is 0.306 e. The molecule has 15 nitrogen and oxygen atoms in total. The Morgan fingerprint density at radius 2 is 0.831 bits per heavy atom. The minimum absolute atomic E-state index is 0.139. The average molecular weight is 1020 g/mol. The number of hydrogen-bond donors (Lipinski definition) is 7. The molecule has 4 unspecified atom stereocenters. The van der Waals surface area contributed by atoms with Crippen LogP contribution in [0.2, 0.25) is 0 Å². The molecule has 2 aliphatic heterocycles. The Hall–Kier alpha value is -1.76. The van der Waals surface area contributed by atoms with Crippen LogP contribution in [0.4, 0.5) is 0 Å². The van der Waals surface area contributed by atoms with E-state index < -0.39 is 92.7 Å². The van der Waals surface area contributed by atoms with Crippen molar-refractivity contribution in [1.82, 2.24) is 0 Å². The topological polar surface area (TPSA) is 231 Å². The molecule has 0 aromatic rings. The van der Waals surface area contributed by atoms with Gasteiger partial charge in [0.25, 0.3) is 0 Å². The second-order valence-corrected chi connectivity index (χ2v) is 20.5. The molecule has 2 fully saturated rings. The molecule has 11 atom stereocenters. The number of esters is 2. The SMILES string of the molecule is CCCCCCCCCCCCC/C=C/CCC(=O)OC[C@H](CO[C@H]1O[C@@H](CO[C@H]2O[C@@H](CO)[C@@H](O)C(O)C2O)[C@@H](O)C(O)C1O)OC(=O)CCCCCCCCCCCCCCCCCCCCCC. The molecule has 0 bridgehead atoms. The minimum atomic E-state index is -1.77. The lowest BCUT2D eigenvalue weighted by Crippen LogP contribution is -2.61. The molecule has 15 heteroatoms. The monoisotopic (exact) mass is 1020 g/mol. The van der Waals surface area contributed by atoms with E-state index in [1.54, 1.807) is 0 Å². The molecule has 7 N–H and O–H groups in total. The Morgan fingerprint density at radius 3 is 1.30 bits per heavy atom. The number of hydrogen-bond acceptors (Lipinski definition) is 15.